The van der Waals surface area contributed by atoms with Crippen molar-refractivity contribution in [2.24, 2.45) is 0 Å². The number of hydrogen-bond donors (Lipinski definition) is 2. The molecule has 0 spiro atoms. The Balaban J connectivity index is 1.69. The molecule has 2 aromatic rings. The maximum absolute atomic E-state index is 12.2. The molecule has 1 aromatic carbocycles. The first-order chi connectivity index (χ1) is 11.5. The molecule has 24 heavy (non-hydrogen) atoms. The van der Waals surface area contributed by atoms with Crippen LogP contribution in [0.2, 0.25) is 0 Å². The molecule has 2 heterocycles. The topological polar surface area (TPSA) is 120 Å². The Bertz CT molecular complexity index is 861. The van der Waals surface area contributed by atoms with Gasteiger partial charge in [0, 0.05) is 12.6 Å². The number of nitrogens with zero attached hydrogens (tertiary/aromatic N) is 1. The van der Waals surface area contributed by atoms with Gasteiger partial charge in [-0.05, 0) is 24.6 Å². The lowest BCUT2D eigenvalue weighted by Crippen LogP contribution is -2.23. The van der Waals surface area contributed by atoms with E-state index < -0.39 is 16.0 Å². The van der Waals surface area contributed by atoms with Crippen molar-refractivity contribution in [1.29, 1.82) is 0 Å². The van der Waals surface area contributed by atoms with Crippen molar-refractivity contribution in [3.63, 3.8) is 0 Å². The summed E-state index contributed by atoms with van der Waals surface area (Å²) in [5.41, 5.74) is 0.605. The Morgan fingerprint density at radius 2 is 2.12 bits per heavy atom. The number of fused-ring (bicyclic) bond motifs is 1. The van der Waals surface area contributed by atoms with Crippen molar-refractivity contribution < 1.29 is 27.4 Å². The number of aromatic nitrogens is 2. The lowest BCUT2D eigenvalue weighted by Gasteiger charge is -2.05. The molecule has 10 heteroatoms. The van der Waals surface area contributed by atoms with Gasteiger partial charge in [-0.25, -0.2) is 17.9 Å². The van der Waals surface area contributed by atoms with Crippen LogP contribution in [0.5, 0.6) is 11.5 Å². The molecule has 1 aliphatic heterocycles. The minimum absolute atomic E-state index is 0.0483. The Morgan fingerprint density at radius 1 is 1.33 bits per heavy atom. The molecule has 0 unspecified atom stereocenters. The van der Waals surface area contributed by atoms with Crippen molar-refractivity contribution in [3.05, 3.63) is 35.5 Å². The first-order valence-corrected chi connectivity index (χ1v) is 8.58. The van der Waals surface area contributed by atoms with E-state index in [1.165, 1.54) is 0 Å². The molecule has 0 bridgehead atoms. The van der Waals surface area contributed by atoms with Gasteiger partial charge in [-0.3, -0.25) is 5.10 Å². The van der Waals surface area contributed by atoms with E-state index in [-0.39, 0.29) is 30.7 Å². The molecular weight excluding hydrogens is 338 g/mol. The number of H-pyrrole nitrogens is 1. The molecule has 2 N–H and O–H groups in total. The molecule has 1 aromatic heterocycles. The van der Waals surface area contributed by atoms with Crippen LogP contribution in [0.3, 0.4) is 0 Å². The summed E-state index contributed by atoms with van der Waals surface area (Å²) in [6, 6.07) is 6.26. The Hall–Kier alpha value is -2.59. The molecule has 0 fully saturated rings. The molecule has 0 amide bonds. The van der Waals surface area contributed by atoms with Crippen LogP contribution in [0.4, 0.5) is 0 Å². The summed E-state index contributed by atoms with van der Waals surface area (Å²) in [7, 11) is -3.85. The van der Waals surface area contributed by atoms with Gasteiger partial charge in [-0.15, -0.1) is 0 Å². The van der Waals surface area contributed by atoms with Gasteiger partial charge >= 0.3 is 5.97 Å². The van der Waals surface area contributed by atoms with Crippen molar-refractivity contribution in [2.75, 3.05) is 13.4 Å². The number of carbonyl (C=O) groups is 1. The average Bonchev–Trinajstić information content (AvgIpc) is 3.22. The fourth-order valence-corrected chi connectivity index (χ4v) is 3.00. The normalized spacial score (nSPS) is 13.0. The van der Waals surface area contributed by atoms with Gasteiger partial charge in [0.05, 0.1) is 6.61 Å². The van der Waals surface area contributed by atoms with Crippen LogP contribution in [-0.4, -0.2) is 38.0 Å². The Labute approximate surface area is 138 Å². The highest BCUT2D eigenvalue weighted by Crippen LogP contribution is 2.32. The third-order valence-corrected chi connectivity index (χ3v) is 4.54. The molecule has 1 aliphatic rings. The SMILES string of the molecule is CCOC(=O)c1cc(S(=O)(=O)NCc2ccc3c(c2)OCO3)[nH]n1. The summed E-state index contributed by atoms with van der Waals surface area (Å²) >= 11 is 0. The number of benzene rings is 1. The summed E-state index contributed by atoms with van der Waals surface area (Å²) in [4.78, 5) is 11.5. The molecule has 3 rings (SSSR count). The number of nitrogens with one attached hydrogen (secondary N) is 2. The highest BCUT2D eigenvalue weighted by atomic mass is 32.2. The number of esters is 1. The number of hydrogen-bond acceptors (Lipinski definition) is 7. The lowest BCUT2D eigenvalue weighted by molar-refractivity contribution is 0.0519. The number of ether oxygens (including phenoxy) is 3. The predicted octanol–water partition coefficient (Wildman–Crippen LogP) is 0.794. The molecule has 0 aliphatic carbocycles. The predicted molar refractivity (Wildman–Crippen MR) is 81.1 cm³/mol. The van der Waals surface area contributed by atoms with Gasteiger partial charge in [-0.1, -0.05) is 6.07 Å². The van der Waals surface area contributed by atoms with Crippen molar-refractivity contribution in [3.8, 4) is 11.5 Å². The highest BCUT2D eigenvalue weighted by Gasteiger charge is 2.21. The van der Waals surface area contributed by atoms with E-state index in [1.54, 1.807) is 25.1 Å². The zero-order valence-corrected chi connectivity index (χ0v) is 13.6. The zero-order valence-electron chi connectivity index (χ0n) is 12.7. The van der Waals surface area contributed by atoms with Gasteiger partial charge in [0.2, 0.25) is 6.79 Å². The van der Waals surface area contributed by atoms with E-state index in [1.807, 2.05) is 0 Å². The van der Waals surface area contributed by atoms with Crippen LogP contribution in [0.25, 0.3) is 0 Å². The molecule has 9 nitrogen and oxygen atoms in total. The van der Waals surface area contributed by atoms with Crippen LogP contribution >= 0.6 is 0 Å². The van der Waals surface area contributed by atoms with Crippen LogP contribution in [-0.2, 0) is 21.3 Å². The quantitative estimate of drug-likeness (QED) is 0.737. The minimum atomic E-state index is -3.85. The van der Waals surface area contributed by atoms with Crippen molar-refractivity contribution >= 4 is 16.0 Å². The maximum Gasteiger partial charge on any atom is 0.358 e. The third-order valence-electron chi connectivity index (χ3n) is 3.23. The Morgan fingerprint density at radius 3 is 2.92 bits per heavy atom. The van der Waals surface area contributed by atoms with E-state index in [0.29, 0.717) is 17.1 Å². The van der Waals surface area contributed by atoms with Crippen LogP contribution in [0.1, 0.15) is 23.0 Å². The number of carbonyl (C=O) groups excluding carboxylic acids is 1. The second kappa shape index (κ2) is 6.49. The molecule has 0 saturated heterocycles. The van der Waals surface area contributed by atoms with Gasteiger partial charge in [0.25, 0.3) is 10.0 Å². The number of rotatable bonds is 6. The first-order valence-electron chi connectivity index (χ1n) is 7.10. The number of aromatic amines is 1. The first kappa shape index (κ1) is 16.3. The standard InChI is InChI=1S/C14H15N3O6S/c1-2-21-14(18)10-6-13(17-16-10)24(19,20)15-7-9-3-4-11-12(5-9)23-8-22-11/h3-6,15H,2,7-8H2,1H3,(H,16,17). The second-order valence-corrected chi connectivity index (χ2v) is 6.59. The van der Waals surface area contributed by atoms with Gasteiger partial charge in [-0.2, -0.15) is 5.10 Å². The summed E-state index contributed by atoms with van der Waals surface area (Å²) in [6.07, 6.45) is 0. The molecular formula is C14H15N3O6S. The highest BCUT2D eigenvalue weighted by molar-refractivity contribution is 7.89. The molecule has 128 valence electrons. The van der Waals surface area contributed by atoms with Crippen LogP contribution in [0.15, 0.2) is 29.3 Å². The fraction of sp³-hybridized carbons (Fsp3) is 0.286. The smallest absolute Gasteiger partial charge is 0.358 e. The van der Waals surface area contributed by atoms with Crippen molar-refractivity contribution in [1.82, 2.24) is 14.9 Å². The van der Waals surface area contributed by atoms with Crippen LogP contribution in [0, 0.1) is 0 Å². The lowest BCUT2D eigenvalue weighted by atomic mass is 10.2. The fourth-order valence-electron chi connectivity index (χ4n) is 2.06. The van der Waals surface area contributed by atoms with E-state index in [2.05, 4.69) is 14.9 Å². The largest absolute Gasteiger partial charge is 0.461 e. The van der Waals surface area contributed by atoms with Crippen molar-refractivity contribution in [2.45, 2.75) is 18.5 Å². The van der Waals surface area contributed by atoms with Gasteiger partial charge in [0.15, 0.2) is 22.2 Å². The minimum Gasteiger partial charge on any atom is -0.461 e. The monoisotopic (exact) mass is 353 g/mol. The summed E-state index contributed by atoms with van der Waals surface area (Å²) in [5, 5.41) is 5.75. The molecule has 0 radical (unpaired) electrons. The van der Waals surface area contributed by atoms with E-state index in [4.69, 9.17) is 14.2 Å². The number of sulfonamides is 1. The summed E-state index contributed by atoms with van der Waals surface area (Å²) in [5.74, 6) is 0.498. The summed E-state index contributed by atoms with van der Waals surface area (Å²) < 4.78 is 42.1. The average molecular weight is 353 g/mol. The summed E-state index contributed by atoms with van der Waals surface area (Å²) in [6.45, 7) is 2.02. The maximum atomic E-state index is 12.2. The molecule has 0 saturated carbocycles. The van der Waals surface area contributed by atoms with Gasteiger partial charge < -0.3 is 14.2 Å². The zero-order chi connectivity index (χ0) is 17.2. The molecule has 0 atom stereocenters. The van der Waals surface area contributed by atoms with E-state index in [0.717, 1.165) is 6.07 Å². The Kier molecular flexibility index (Phi) is 4.40. The van der Waals surface area contributed by atoms with Gasteiger partial charge in [0.1, 0.15) is 0 Å². The van der Waals surface area contributed by atoms with E-state index >= 15 is 0 Å². The van der Waals surface area contributed by atoms with Crippen LogP contribution < -0.4 is 14.2 Å². The third kappa shape index (κ3) is 3.34. The van der Waals surface area contributed by atoms with E-state index in [9.17, 15) is 13.2 Å². The second-order valence-electron chi connectivity index (χ2n) is 4.85.